The van der Waals surface area contributed by atoms with Crippen LogP contribution in [-0.2, 0) is 14.3 Å². The number of rotatable bonds is 9. The van der Waals surface area contributed by atoms with Gasteiger partial charge in [0.15, 0.2) is 0 Å². The van der Waals surface area contributed by atoms with Crippen LogP contribution in [0.2, 0.25) is 0 Å². The lowest BCUT2D eigenvalue weighted by Gasteiger charge is -2.29. The molecule has 5 nitrogen and oxygen atoms in total. The third-order valence-corrected chi connectivity index (χ3v) is 3.25. The summed E-state index contributed by atoms with van der Waals surface area (Å²) in [6.45, 7) is 3.99. The Morgan fingerprint density at radius 3 is 2.20 bits per heavy atom. The van der Waals surface area contributed by atoms with Gasteiger partial charge in [-0.3, -0.25) is 9.69 Å². The van der Waals surface area contributed by atoms with Crippen LogP contribution in [0.25, 0.3) is 0 Å². The van der Waals surface area contributed by atoms with Crippen molar-refractivity contribution in [2.45, 2.75) is 13.0 Å². The van der Waals surface area contributed by atoms with Crippen molar-refractivity contribution < 1.29 is 19.4 Å². The number of hydrogen-bond donors (Lipinski definition) is 1. The minimum atomic E-state index is -0.855. The quantitative estimate of drug-likeness (QED) is 0.747. The van der Waals surface area contributed by atoms with Crippen molar-refractivity contribution in [1.82, 2.24) is 4.90 Å². The maximum absolute atomic E-state index is 11.7. The first-order valence-corrected chi connectivity index (χ1v) is 6.62. The molecule has 0 spiro atoms. The summed E-state index contributed by atoms with van der Waals surface area (Å²) in [7, 11) is 3.22. The molecular weight excluding hydrogens is 258 g/mol. The summed E-state index contributed by atoms with van der Waals surface area (Å²) in [6.07, 6.45) is 0. The number of carbonyl (C=O) groups is 1. The van der Waals surface area contributed by atoms with Crippen molar-refractivity contribution in [3.63, 3.8) is 0 Å². The third-order valence-electron chi connectivity index (χ3n) is 3.25. The second-order valence-electron chi connectivity index (χ2n) is 4.62. The fraction of sp³-hybridized carbons (Fsp3) is 0.533. The van der Waals surface area contributed by atoms with E-state index in [4.69, 9.17) is 9.47 Å². The van der Waals surface area contributed by atoms with Crippen LogP contribution in [0.15, 0.2) is 24.3 Å². The van der Waals surface area contributed by atoms with Crippen LogP contribution in [0.1, 0.15) is 17.2 Å². The molecule has 1 rings (SSSR count). The van der Waals surface area contributed by atoms with E-state index in [-0.39, 0.29) is 0 Å². The Morgan fingerprint density at radius 1 is 1.20 bits per heavy atom. The zero-order valence-corrected chi connectivity index (χ0v) is 12.3. The first kappa shape index (κ1) is 16.6. The van der Waals surface area contributed by atoms with Gasteiger partial charge in [-0.1, -0.05) is 24.3 Å². The van der Waals surface area contributed by atoms with Gasteiger partial charge in [0, 0.05) is 27.3 Å². The molecule has 0 fully saturated rings. The fourth-order valence-corrected chi connectivity index (χ4v) is 2.17. The number of benzene rings is 1. The largest absolute Gasteiger partial charge is 0.480 e. The van der Waals surface area contributed by atoms with Crippen LogP contribution in [-0.4, -0.2) is 56.5 Å². The van der Waals surface area contributed by atoms with Crippen LogP contribution in [0.5, 0.6) is 0 Å². The molecule has 112 valence electrons. The van der Waals surface area contributed by atoms with Gasteiger partial charge >= 0.3 is 5.97 Å². The Balaban J connectivity index is 3.00. The molecular formula is C15H23NO4. The number of ether oxygens (including phenoxy) is 2. The van der Waals surface area contributed by atoms with Gasteiger partial charge in [-0.2, -0.15) is 0 Å². The predicted octanol–water partition coefficient (Wildman–Crippen LogP) is 1.72. The van der Waals surface area contributed by atoms with E-state index >= 15 is 0 Å². The number of aryl methyl sites for hydroxylation is 1. The molecule has 0 amide bonds. The number of carboxylic acid groups (broad SMARTS) is 1. The maximum Gasteiger partial charge on any atom is 0.325 e. The van der Waals surface area contributed by atoms with Gasteiger partial charge in [0.2, 0.25) is 0 Å². The fourth-order valence-electron chi connectivity index (χ4n) is 2.17. The molecule has 0 aliphatic heterocycles. The van der Waals surface area contributed by atoms with E-state index < -0.39 is 12.0 Å². The highest BCUT2D eigenvalue weighted by Crippen LogP contribution is 2.24. The Morgan fingerprint density at radius 2 is 1.75 bits per heavy atom. The van der Waals surface area contributed by atoms with Gasteiger partial charge in [-0.25, -0.2) is 0 Å². The van der Waals surface area contributed by atoms with E-state index in [1.807, 2.05) is 36.1 Å². The minimum absolute atomic E-state index is 0.485. The van der Waals surface area contributed by atoms with Gasteiger partial charge in [-0.05, 0) is 18.1 Å². The molecule has 20 heavy (non-hydrogen) atoms. The number of hydrogen-bond acceptors (Lipinski definition) is 4. The Kier molecular flexibility index (Phi) is 7.22. The highest BCUT2D eigenvalue weighted by molar-refractivity contribution is 5.76. The van der Waals surface area contributed by atoms with Crippen LogP contribution < -0.4 is 0 Å². The number of nitrogens with zero attached hydrogens (tertiary/aromatic N) is 1. The Hall–Kier alpha value is -1.43. The molecule has 0 bridgehead atoms. The summed E-state index contributed by atoms with van der Waals surface area (Å²) in [4.78, 5) is 13.6. The third kappa shape index (κ3) is 4.59. The smallest absolute Gasteiger partial charge is 0.325 e. The zero-order valence-electron chi connectivity index (χ0n) is 12.3. The SMILES string of the molecule is COCCN(CCOC)C(C(=O)O)c1ccccc1C. The minimum Gasteiger partial charge on any atom is -0.480 e. The Bertz CT molecular complexity index is 414. The molecule has 5 heteroatoms. The van der Waals surface area contributed by atoms with Crippen molar-refractivity contribution in [3.8, 4) is 0 Å². The summed E-state index contributed by atoms with van der Waals surface area (Å²) in [5, 5.41) is 9.60. The van der Waals surface area contributed by atoms with Crippen LogP contribution in [0.3, 0.4) is 0 Å². The van der Waals surface area contributed by atoms with E-state index in [1.54, 1.807) is 14.2 Å². The molecule has 0 aliphatic carbocycles. The predicted molar refractivity (Wildman–Crippen MR) is 76.9 cm³/mol. The molecule has 1 aromatic carbocycles. The van der Waals surface area contributed by atoms with Crippen molar-refractivity contribution >= 4 is 5.97 Å². The van der Waals surface area contributed by atoms with Crippen LogP contribution >= 0.6 is 0 Å². The van der Waals surface area contributed by atoms with Crippen molar-refractivity contribution in [3.05, 3.63) is 35.4 Å². The standard InChI is InChI=1S/C15H23NO4/c1-12-6-4-5-7-13(12)14(15(17)18)16(8-10-19-2)9-11-20-3/h4-7,14H,8-11H2,1-3H3,(H,17,18). The monoisotopic (exact) mass is 281 g/mol. The summed E-state index contributed by atoms with van der Waals surface area (Å²) >= 11 is 0. The lowest BCUT2D eigenvalue weighted by Crippen LogP contribution is -2.38. The lowest BCUT2D eigenvalue weighted by molar-refractivity contribution is -0.144. The van der Waals surface area contributed by atoms with Crippen molar-refractivity contribution in [2.24, 2.45) is 0 Å². The second kappa shape index (κ2) is 8.68. The first-order chi connectivity index (χ1) is 9.61. The van der Waals surface area contributed by atoms with Gasteiger partial charge in [0.25, 0.3) is 0 Å². The lowest BCUT2D eigenvalue weighted by atomic mass is 10.00. The van der Waals surface area contributed by atoms with E-state index in [2.05, 4.69) is 0 Å². The molecule has 1 N–H and O–H groups in total. The van der Waals surface area contributed by atoms with E-state index in [1.165, 1.54) is 0 Å². The molecule has 1 atom stereocenters. The average molecular weight is 281 g/mol. The highest BCUT2D eigenvalue weighted by Gasteiger charge is 2.28. The second-order valence-corrected chi connectivity index (χ2v) is 4.62. The van der Waals surface area contributed by atoms with E-state index in [0.717, 1.165) is 11.1 Å². The topological polar surface area (TPSA) is 59.0 Å². The normalized spacial score (nSPS) is 12.6. The molecule has 0 aliphatic rings. The number of aliphatic carboxylic acids is 1. The molecule has 0 saturated carbocycles. The van der Waals surface area contributed by atoms with Crippen molar-refractivity contribution in [2.75, 3.05) is 40.5 Å². The Labute approximate surface area is 120 Å². The summed E-state index contributed by atoms with van der Waals surface area (Å²) in [5.74, 6) is -0.855. The first-order valence-electron chi connectivity index (χ1n) is 6.62. The maximum atomic E-state index is 11.7. The zero-order chi connectivity index (χ0) is 15.0. The average Bonchev–Trinajstić information content (AvgIpc) is 2.43. The van der Waals surface area contributed by atoms with Crippen LogP contribution in [0, 0.1) is 6.92 Å². The molecule has 0 radical (unpaired) electrons. The summed E-state index contributed by atoms with van der Waals surface area (Å²) in [5.41, 5.74) is 1.78. The number of carboxylic acids is 1. The van der Waals surface area contributed by atoms with Gasteiger partial charge in [-0.15, -0.1) is 0 Å². The van der Waals surface area contributed by atoms with Gasteiger partial charge < -0.3 is 14.6 Å². The summed E-state index contributed by atoms with van der Waals surface area (Å²) in [6, 6.07) is 6.88. The van der Waals surface area contributed by atoms with E-state index in [0.29, 0.717) is 26.3 Å². The molecule has 0 heterocycles. The molecule has 1 aromatic rings. The summed E-state index contributed by atoms with van der Waals surface area (Å²) < 4.78 is 10.1. The van der Waals surface area contributed by atoms with Crippen molar-refractivity contribution in [1.29, 1.82) is 0 Å². The highest BCUT2D eigenvalue weighted by atomic mass is 16.5. The molecule has 0 saturated heterocycles. The number of methoxy groups -OCH3 is 2. The van der Waals surface area contributed by atoms with Gasteiger partial charge in [0.05, 0.1) is 13.2 Å². The molecule has 1 unspecified atom stereocenters. The van der Waals surface area contributed by atoms with E-state index in [9.17, 15) is 9.90 Å². The van der Waals surface area contributed by atoms with Gasteiger partial charge in [0.1, 0.15) is 6.04 Å². The molecule has 0 aromatic heterocycles. The van der Waals surface area contributed by atoms with Crippen LogP contribution in [0.4, 0.5) is 0 Å².